The molecule has 1 N–H and O–H groups in total. The first kappa shape index (κ1) is 17.1. The molecule has 0 bridgehead atoms. The highest BCUT2D eigenvalue weighted by Gasteiger charge is 2.06. The van der Waals surface area contributed by atoms with Gasteiger partial charge in [0.15, 0.2) is 0 Å². The van der Waals surface area contributed by atoms with Crippen molar-refractivity contribution >= 4 is 39.1 Å². The van der Waals surface area contributed by atoms with Crippen LogP contribution in [0.15, 0.2) is 16.6 Å². The quantitative estimate of drug-likeness (QED) is 0.471. The van der Waals surface area contributed by atoms with Crippen LogP contribution in [0.4, 0.5) is 0 Å². The molecule has 1 rings (SSSR count). The summed E-state index contributed by atoms with van der Waals surface area (Å²) in [6, 6.07) is 3.50. The van der Waals surface area contributed by atoms with Gasteiger partial charge in [0.25, 0.3) is 0 Å². The van der Waals surface area contributed by atoms with Crippen molar-refractivity contribution in [3.8, 4) is 5.75 Å². The van der Waals surface area contributed by atoms with Crippen LogP contribution in [-0.2, 0) is 0 Å². The minimum atomic E-state index is 0.584. The lowest BCUT2D eigenvalue weighted by molar-refractivity contribution is 0.305. The number of hydrogen-bond donors (Lipinski definition) is 1. The summed E-state index contributed by atoms with van der Waals surface area (Å²) >= 11 is 15.4. The lowest BCUT2D eigenvalue weighted by Crippen LogP contribution is -2.15. The van der Waals surface area contributed by atoms with E-state index in [0.717, 1.165) is 30.4 Å². The lowest BCUT2D eigenvalue weighted by atomic mass is 10.2. The van der Waals surface area contributed by atoms with Crippen molar-refractivity contribution in [1.82, 2.24) is 5.32 Å². The van der Waals surface area contributed by atoms with Crippen molar-refractivity contribution in [2.24, 2.45) is 0 Å². The first-order valence-corrected chi connectivity index (χ1v) is 8.18. The van der Waals surface area contributed by atoms with Gasteiger partial charge in [-0.1, -0.05) is 30.1 Å². The second-order valence-electron chi connectivity index (χ2n) is 4.36. The van der Waals surface area contributed by atoms with Gasteiger partial charge in [-0.3, -0.25) is 0 Å². The minimum absolute atomic E-state index is 0.584. The number of nitrogens with one attached hydrogen (secondary N) is 1. The molecule has 0 amide bonds. The first-order chi connectivity index (χ1) is 9.15. The van der Waals surface area contributed by atoms with E-state index in [2.05, 4.69) is 28.2 Å². The standard InChI is InChI=1S/C14H20BrCl2NO/c1-2-6-18-7-4-3-5-8-19-14-10-12(16)11(15)9-13(14)17/h9-10,18H,2-8H2,1H3. The summed E-state index contributed by atoms with van der Waals surface area (Å²) in [5, 5.41) is 4.58. The second-order valence-corrected chi connectivity index (χ2v) is 6.02. The Bertz CT molecular complexity index is 388. The fraction of sp³-hybridized carbons (Fsp3) is 0.571. The van der Waals surface area contributed by atoms with Gasteiger partial charge in [-0.2, -0.15) is 0 Å². The number of ether oxygens (including phenoxy) is 1. The van der Waals surface area contributed by atoms with Crippen molar-refractivity contribution in [3.05, 3.63) is 26.7 Å². The Morgan fingerprint density at radius 2 is 1.89 bits per heavy atom. The van der Waals surface area contributed by atoms with E-state index < -0.39 is 0 Å². The van der Waals surface area contributed by atoms with Crippen molar-refractivity contribution in [1.29, 1.82) is 0 Å². The van der Waals surface area contributed by atoms with Gasteiger partial charge in [0.2, 0.25) is 0 Å². The zero-order valence-corrected chi connectivity index (χ0v) is 14.2. The summed E-state index contributed by atoms with van der Waals surface area (Å²) in [6.45, 7) is 5.03. The van der Waals surface area contributed by atoms with E-state index in [-0.39, 0.29) is 0 Å². The average Bonchev–Trinajstić information content (AvgIpc) is 2.38. The molecule has 0 aliphatic rings. The first-order valence-electron chi connectivity index (χ1n) is 6.63. The molecule has 0 radical (unpaired) electrons. The molecule has 0 aromatic heterocycles. The predicted molar refractivity (Wildman–Crippen MR) is 86.7 cm³/mol. The largest absolute Gasteiger partial charge is 0.492 e. The Balaban J connectivity index is 2.17. The lowest BCUT2D eigenvalue weighted by Gasteiger charge is -2.09. The molecule has 2 nitrogen and oxygen atoms in total. The Kier molecular flexibility index (Phi) is 8.88. The molecule has 0 spiro atoms. The smallest absolute Gasteiger partial charge is 0.139 e. The second kappa shape index (κ2) is 9.87. The molecule has 0 aliphatic heterocycles. The van der Waals surface area contributed by atoms with Gasteiger partial charge >= 0.3 is 0 Å². The van der Waals surface area contributed by atoms with Gasteiger partial charge in [-0.05, 0) is 60.8 Å². The fourth-order valence-electron chi connectivity index (χ4n) is 1.63. The molecule has 0 atom stereocenters. The Morgan fingerprint density at radius 3 is 2.63 bits per heavy atom. The highest BCUT2D eigenvalue weighted by molar-refractivity contribution is 9.10. The molecule has 1 aromatic rings. The van der Waals surface area contributed by atoms with Crippen LogP contribution in [0, 0.1) is 0 Å². The maximum Gasteiger partial charge on any atom is 0.139 e. The van der Waals surface area contributed by atoms with Crippen molar-refractivity contribution in [3.63, 3.8) is 0 Å². The SMILES string of the molecule is CCCNCCCCCOc1cc(Cl)c(Br)cc1Cl. The van der Waals surface area contributed by atoms with E-state index in [4.69, 9.17) is 27.9 Å². The van der Waals surface area contributed by atoms with Gasteiger partial charge in [-0.25, -0.2) is 0 Å². The van der Waals surface area contributed by atoms with Crippen LogP contribution in [0.2, 0.25) is 10.0 Å². The molecule has 19 heavy (non-hydrogen) atoms. The molecule has 0 aliphatic carbocycles. The number of benzene rings is 1. The summed E-state index contributed by atoms with van der Waals surface area (Å²) in [5.74, 6) is 0.652. The van der Waals surface area contributed by atoms with Crippen LogP contribution < -0.4 is 10.1 Å². The highest BCUT2D eigenvalue weighted by atomic mass is 79.9. The third-order valence-electron chi connectivity index (χ3n) is 2.66. The van der Waals surface area contributed by atoms with E-state index in [1.165, 1.54) is 12.8 Å². The highest BCUT2D eigenvalue weighted by Crippen LogP contribution is 2.34. The summed E-state index contributed by atoms with van der Waals surface area (Å²) in [4.78, 5) is 0. The molecule has 108 valence electrons. The minimum Gasteiger partial charge on any atom is -0.492 e. The Labute approximate surface area is 133 Å². The number of rotatable bonds is 9. The van der Waals surface area contributed by atoms with Gasteiger partial charge in [0, 0.05) is 10.5 Å². The zero-order chi connectivity index (χ0) is 14.1. The topological polar surface area (TPSA) is 21.3 Å². The van der Waals surface area contributed by atoms with Gasteiger partial charge < -0.3 is 10.1 Å². The van der Waals surface area contributed by atoms with E-state index in [9.17, 15) is 0 Å². The molecular formula is C14H20BrCl2NO. The van der Waals surface area contributed by atoms with Crippen LogP contribution in [0.1, 0.15) is 32.6 Å². The normalized spacial score (nSPS) is 10.7. The summed E-state index contributed by atoms with van der Waals surface area (Å²) in [5.41, 5.74) is 0. The number of halogens is 3. The van der Waals surface area contributed by atoms with Crippen LogP contribution in [0.25, 0.3) is 0 Å². The Morgan fingerprint density at radius 1 is 1.11 bits per heavy atom. The average molecular weight is 369 g/mol. The van der Waals surface area contributed by atoms with Crippen molar-refractivity contribution < 1.29 is 4.74 Å². The monoisotopic (exact) mass is 367 g/mol. The third-order valence-corrected chi connectivity index (χ3v) is 4.15. The third kappa shape index (κ3) is 6.84. The number of unbranched alkanes of at least 4 members (excludes halogenated alkanes) is 2. The maximum atomic E-state index is 6.08. The molecule has 0 fully saturated rings. The molecular weight excluding hydrogens is 349 g/mol. The van der Waals surface area contributed by atoms with E-state index in [1.807, 2.05) is 0 Å². The molecule has 0 heterocycles. The van der Waals surface area contributed by atoms with Crippen LogP contribution in [-0.4, -0.2) is 19.7 Å². The summed E-state index contributed by atoms with van der Waals surface area (Å²) in [6.07, 6.45) is 4.54. The number of hydrogen-bond acceptors (Lipinski definition) is 2. The molecule has 5 heteroatoms. The van der Waals surface area contributed by atoms with Crippen LogP contribution in [0.5, 0.6) is 5.75 Å². The molecule has 0 saturated carbocycles. The van der Waals surface area contributed by atoms with E-state index in [0.29, 0.717) is 22.4 Å². The van der Waals surface area contributed by atoms with Crippen LogP contribution in [0.3, 0.4) is 0 Å². The molecule has 1 aromatic carbocycles. The van der Waals surface area contributed by atoms with E-state index in [1.54, 1.807) is 12.1 Å². The maximum absolute atomic E-state index is 6.08. The molecule has 0 unspecified atom stereocenters. The van der Waals surface area contributed by atoms with Gasteiger partial charge in [-0.15, -0.1) is 0 Å². The van der Waals surface area contributed by atoms with Gasteiger partial charge in [0.1, 0.15) is 5.75 Å². The summed E-state index contributed by atoms with van der Waals surface area (Å²) < 4.78 is 6.43. The van der Waals surface area contributed by atoms with Crippen molar-refractivity contribution in [2.45, 2.75) is 32.6 Å². The summed E-state index contributed by atoms with van der Waals surface area (Å²) in [7, 11) is 0. The predicted octanol–water partition coefficient (Wildman–Crippen LogP) is 5.30. The van der Waals surface area contributed by atoms with Crippen molar-refractivity contribution in [2.75, 3.05) is 19.7 Å². The fourth-order valence-corrected chi connectivity index (χ4v) is 2.47. The van der Waals surface area contributed by atoms with Crippen LogP contribution >= 0.6 is 39.1 Å². The molecule has 0 saturated heterocycles. The zero-order valence-electron chi connectivity index (χ0n) is 11.1. The van der Waals surface area contributed by atoms with Gasteiger partial charge in [0.05, 0.1) is 16.7 Å². The van der Waals surface area contributed by atoms with E-state index >= 15 is 0 Å². The Hall–Kier alpha value is 0.0400.